The van der Waals surface area contributed by atoms with Gasteiger partial charge < -0.3 is 4.74 Å². The molecule has 1 heterocycles. The van der Waals surface area contributed by atoms with Crippen LogP contribution in [0.3, 0.4) is 0 Å². The summed E-state index contributed by atoms with van der Waals surface area (Å²) >= 11 is 4.02. The second-order valence-electron chi connectivity index (χ2n) is 3.70. The first-order valence-electron chi connectivity index (χ1n) is 3.78. The van der Waals surface area contributed by atoms with Gasteiger partial charge in [0.05, 0.1) is 10.7 Å². The van der Waals surface area contributed by atoms with E-state index in [2.05, 4.69) is 48.7 Å². The van der Waals surface area contributed by atoms with Gasteiger partial charge in [0.2, 0.25) is 0 Å². The molecule has 68 valence electrons. The fraction of sp³-hybridized carbons (Fsp3) is 0.556. The van der Waals surface area contributed by atoms with Gasteiger partial charge in [-0.3, -0.25) is 0 Å². The highest BCUT2D eigenvalue weighted by Crippen LogP contribution is 2.37. The number of ether oxygens (including phenoxy) is 1. The average molecular weight is 296 g/mol. The van der Waals surface area contributed by atoms with E-state index in [1.54, 1.807) is 18.4 Å². The Morgan fingerprint density at radius 3 is 2.25 bits per heavy atom. The fourth-order valence-corrected chi connectivity index (χ4v) is 3.75. The Balaban J connectivity index is 3.11. The van der Waals surface area contributed by atoms with Crippen molar-refractivity contribution in [2.24, 2.45) is 0 Å². The van der Waals surface area contributed by atoms with Crippen molar-refractivity contribution < 1.29 is 4.74 Å². The van der Waals surface area contributed by atoms with E-state index in [9.17, 15) is 0 Å². The normalized spacial score (nSPS) is 11.8. The molecule has 3 heteroatoms. The van der Waals surface area contributed by atoms with Crippen molar-refractivity contribution in [1.29, 1.82) is 0 Å². The van der Waals surface area contributed by atoms with Crippen LogP contribution in [0.2, 0.25) is 0 Å². The molecule has 0 aliphatic heterocycles. The number of rotatable bonds is 1. The van der Waals surface area contributed by atoms with E-state index < -0.39 is 0 Å². The fourth-order valence-electron chi connectivity index (χ4n) is 0.970. The van der Waals surface area contributed by atoms with Gasteiger partial charge >= 0.3 is 0 Å². The number of hydrogen-bond acceptors (Lipinski definition) is 2. The van der Waals surface area contributed by atoms with Gasteiger partial charge in [0.25, 0.3) is 0 Å². The lowest BCUT2D eigenvalue weighted by molar-refractivity contribution is 0.422. The van der Waals surface area contributed by atoms with Crippen LogP contribution in [-0.2, 0) is 5.41 Å². The van der Waals surface area contributed by atoms with Crippen molar-refractivity contribution >= 4 is 33.9 Å². The van der Waals surface area contributed by atoms with Gasteiger partial charge in [-0.2, -0.15) is 0 Å². The molecule has 0 unspecified atom stereocenters. The summed E-state index contributed by atoms with van der Waals surface area (Å²) in [5.41, 5.74) is 1.61. The Labute approximate surface area is 91.3 Å². The molecule has 1 nitrogen and oxygen atoms in total. The molecule has 0 radical (unpaired) electrons. The molecule has 0 saturated heterocycles. The Morgan fingerprint density at radius 1 is 1.42 bits per heavy atom. The van der Waals surface area contributed by atoms with E-state index in [0.29, 0.717) is 0 Å². The zero-order chi connectivity index (χ0) is 9.35. The first-order valence-corrected chi connectivity index (χ1v) is 5.74. The third kappa shape index (κ3) is 1.93. The van der Waals surface area contributed by atoms with Crippen molar-refractivity contribution in [3.63, 3.8) is 0 Å². The smallest absolute Gasteiger partial charge is 0.187 e. The highest BCUT2D eigenvalue weighted by Gasteiger charge is 2.20. The highest BCUT2D eigenvalue weighted by molar-refractivity contribution is 14.1. The van der Waals surface area contributed by atoms with Crippen molar-refractivity contribution in [3.8, 4) is 5.06 Å². The van der Waals surface area contributed by atoms with Gasteiger partial charge in [-0.25, -0.2) is 0 Å². The zero-order valence-corrected chi connectivity index (χ0v) is 10.7. The van der Waals surface area contributed by atoms with Crippen LogP contribution < -0.4 is 4.74 Å². The molecule has 1 aromatic rings. The standard InChI is InChI=1S/C9H13IOS/c1-9(2,3)6-5-12-8(11-4)7(6)10/h5H,1-4H3. The lowest BCUT2D eigenvalue weighted by Crippen LogP contribution is -2.11. The summed E-state index contributed by atoms with van der Waals surface area (Å²) in [6, 6.07) is 0. The maximum Gasteiger partial charge on any atom is 0.187 e. The van der Waals surface area contributed by atoms with Crippen LogP contribution in [0, 0.1) is 3.57 Å². The van der Waals surface area contributed by atoms with E-state index in [4.69, 9.17) is 4.74 Å². The summed E-state index contributed by atoms with van der Waals surface area (Å²) < 4.78 is 6.49. The minimum Gasteiger partial charge on any atom is -0.486 e. The lowest BCUT2D eigenvalue weighted by Gasteiger charge is -2.17. The van der Waals surface area contributed by atoms with Crippen molar-refractivity contribution in [2.75, 3.05) is 7.11 Å². The largest absolute Gasteiger partial charge is 0.486 e. The van der Waals surface area contributed by atoms with Crippen molar-refractivity contribution in [3.05, 3.63) is 14.5 Å². The van der Waals surface area contributed by atoms with Crippen LogP contribution in [0.4, 0.5) is 0 Å². The Morgan fingerprint density at radius 2 is 2.00 bits per heavy atom. The van der Waals surface area contributed by atoms with Crippen LogP contribution in [0.5, 0.6) is 5.06 Å². The SMILES string of the molecule is COc1scc(C(C)(C)C)c1I. The minimum atomic E-state index is 0.226. The van der Waals surface area contributed by atoms with Crippen LogP contribution >= 0.6 is 33.9 Å². The van der Waals surface area contributed by atoms with Crippen molar-refractivity contribution in [2.45, 2.75) is 26.2 Å². The Bertz CT molecular complexity index is 273. The third-order valence-corrected chi connectivity index (χ3v) is 4.07. The quantitative estimate of drug-likeness (QED) is 0.719. The molecule has 1 aromatic heterocycles. The maximum absolute atomic E-state index is 5.23. The molecule has 12 heavy (non-hydrogen) atoms. The van der Waals surface area contributed by atoms with E-state index in [0.717, 1.165) is 5.06 Å². The molecule has 0 amide bonds. The zero-order valence-electron chi connectivity index (χ0n) is 7.77. The highest BCUT2D eigenvalue weighted by atomic mass is 127. The average Bonchev–Trinajstić information content (AvgIpc) is 2.29. The van der Waals surface area contributed by atoms with E-state index >= 15 is 0 Å². The number of thiophene rings is 1. The summed E-state index contributed by atoms with van der Waals surface area (Å²) in [4.78, 5) is 0. The second kappa shape index (κ2) is 3.54. The summed E-state index contributed by atoms with van der Waals surface area (Å²) in [5.74, 6) is 0. The van der Waals surface area contributed by atoms with Gasteiger partial charge in [0.1, 0.15) is 0 Å². The van der Waals surface area contributed by atoms with E-state index in [-0.39, 0.29) is 5.41 Å². The van der Waals surface area contributed by atoms with Gasteiger partial charge in [0, 0.05) is 0 Å². The Hall–Kier alpha value is 0.230. The van der Waals surface area contributed by atoms with Crippen LogP contribution in [-0.4, -0.2) is 7.11 Å². The van der Waals surface area contributed by atoms with Crippen molar-refractivity contribution in [1.82, 2.24) is 0 Å². The summed E-state index contributed by atoms with van der Waals surface area (Å²) in [6.45, 7) is 6.66. The van der Waals surface area contributed by atoms with Crippen LogP contribution in [0.15, 0.2) is 5.38 Å². The monoisotopic (exact) mass is 296 g/mol. The molecule has 0 saturated carbocycles. The van der Waals surface area contributed by atoms with Crippen LogP contribution in [0.1, 0.15) is 26.3 Å². The molecule has 0 bridgehead atoms. The number of methoxy groups -OCH3 is 1. The first-order chi connectivity index (χ1) is 5.46. The molecular formula is C9H13IOS. The van der Waals surface area contributed by atoms with Gasteiger partial charge in [-0.15, -0.1) is 11.3 Å². The topological polar surface area (TPSA) is 9.23 Å². The molecule has 1 rings (SSSR count). The predicted octanol–water partition coefficient (Wildman–Crippen LogP) is 3.66. The molecular weight excluding hydrogens is 283 g/mol. The molecule has 0 fully saturated rings. The number of halogens is 1. The number of hydrogen-bond donors (Lipinski definition) is 0. The minimum absolute atomic E-state index is 0.226. The molecule has 0 spiro atoms. The molecule has 0 aliphatic rings. The molecule has 0 N–H and O–H groups in total. The first kappa shape index (κ1) is 10.3. The van der Waals surface area contributed by atoms with Gasteiger partial charge in [0.15, 0.2) is 5.06 Å². The second-order valence-corrected chi connectivity index (χ2v) is 5.63. The maximum atomic E-state index is 5.23. The summed E-state index contributed by atoms with van der Waals surface area (Å²) in [7, 11) is 1.72. The lowest BCUT2D eigenvalue weighted by atomic mass is 9.89. The predicted molar refractivity (Wildman–Crippen MR) is 62.3 cm³/mol. The molecule has 0 atom stereocenters. The van der Waals surface area contributed by atoms with Gasteiger partial charge in [-0.1, -0.05) is 20.8 Å². The van der Waals surface area contributed by atoms with E-state index in [1.807, 2.05) is 0 Å². The van der Waals surface area contributed by atoms with Crippen LogP contribution in [0.25, 0.3) is 0 Å². The molecule has 0 aliphatic carbocycles. The summed E-state index contributed by atoms with van der Waals surface area (Å²) in [5, 5.41) is 3.21. The third-order valence-electron chi connectivity index (χ3n) is 1.69. The summed E-state index contributed by atoms with van der Waals surface area (Å²) in [6.07, 6.45) is 0. The molecule has 0 aromatic carbocycles. The Kier molecular flexibility index (Phi) is 3.04. The van der Waals surface area contributed by atoms with E-state index in [1.165, 1.54) is 9.13 Å². The van der Waals surface area contributed by atoms with Gasteiger partial charge in [-0.05, 0) is 38.9 Å².